The molecular weight excluding hydrogens is 422 g/mol. The molecule has 5 rings (SSSR count). The van der Waals surface area contributed by atoms with Crippen LogP contribution in [-0.2, 0) is 19.7 Å². The van der Waals surface area contributed by atoms with Crippen LogP contribution in [0.2, 0.25) is 0 Å². The van der Waals surface area contributed by atoms with E-state index in [2.05, 4.69) is 24.7 Å². The van der Waals surface area contributed by atoms with E-state index in [1.54, 1.807) is 24.3 Å². The average molecular weight is 443 g/mol. The number of morpholine rings is 1. The molecule has 2 N–H and O–H groups in total. The lowest BCUT2D eigenvalue weighted by Gasteiger charge is -2.26. The Kier molecular flexibility index (Phi) is 5.04. The quantitative estimate of drug-likeness (QED) is 0.523. The Morgan fingerprint density at radius 3 is 2.58 bits per heavy atom. The second kappa shape index (κ2) is 7.87. The predicted molar refractivity (Wildman–Crippen MR) is 114 cm³/mol. The standard InChI is InChI=1S/C19H21N7O4S/c27-12-26(15-5-6-15)19-22-16(17-18(23-19)21-11-20-17)13-1-3-14(4-2-13)24-31(28,29)25-7-9-30-10-8-25/h1-4,11-12,15,24H,5-10H2,(H,20,21,22,23). The van der Waals surface area contributed by atoms with E-state index >= 15 is 0 Å². The molecule has 3 aromatic rings. The third kappa shape index (κ3) is 3.96. The lowest BCUT2D eigenvalue weighted by molar-refractivity contribution is -0.107. The third-order valence-electron chi connectivity index (χ3n) is 5.27. The number of benzene rings is 1. The van der Waals surface area contributed by atoms with Crippen molar-refractivity contribution in [3.63, 3.8) is 0 Å². The molecule has 162 valence electrons. The van der Waals surface area contributed by atoms with Gasteiger partial charge in [0.1, 0.15) is 11.2 Å². The molecule has 2 aliphatic rings. The van der Waals surface area contributed by atoms with Crippen LogP contribution in [0.25, 0.3) is 22.4 Å². The van der Waals surface area contributed by atoms with Crippen molar-refractivity contribution >= 4 is 39.4 Å². The van der Waals surface area contributed by atoms with Gasteiger partial charge in [-0.15, -0.1) is 0 Å². The normalized spacial score (nSPS) is 17.5. The molecule has 11 nitrogen and oxygen atoms in total. The highest BCUT2D eigenvalue weighted by Gasteiger charge is 2.31. The molecule has 1 saturated carbocycles. The molecule has 31 heavy (non-hydrogen) atoms. The Labute approximate surface area is 178 Å². The second-order valence-electron chi connectivity index (χ2n) is 7.41. The molecule has 3 heterocycles. The van der Waals surface area contributed by atoms with E-state index in [1.165, 1.54) is 15.5 Å². The number of aromatic amines is 1. The third-order valence-corrected chi connectivity index (χ3v) is 6.81. The van der Waals surface area contributed by atoms with Crippen LogP contribution in [0.1, 0.15) is 12.8 Å². The number of anilines is 2. The lowest BCUT2D eigenvalue weighted by atomic mass is 10.1. The van der Waals surface area contributed by atoms with Crippen molar-refractivity contribution in [3.8, 4) is 11.3 Å². The first-order chi connectivity index (χ1) is 15.0. The smallest absolute Gasteiger partial charge is 0.301 e. The Morgan fingerprint density at radius 1 is 1.16 bits per heavy atom. The van der Waals surface area contributed by atoms with Gasteiger partial charge in [-0.1, -0.05) is 12.1 Å². The maximum absolute atomic E-state index is 12.6. The van der Waals surface area contributed by atoms with Gasteiger partial charge in [-0.2, -0.15) is 17.7 Å². The van der Waals surface area contributed by atoms with Gasteiger partial charge in [-0.3, -0.25) is 14.4 Å². The molecule has 12 heteroatoms. The molecule has 0 radical (unpaired) electrons. The Morgan fingerprint density at radius 2 is 1.90 bits per heavy atom. The average Bonchev–Trinajstić information content (AvgIpc) is 3.50. The first-order valence-electron chi connectivity index (χ1n) is 9.96. The zero-order chi connectivity index (χ0) is 21.4. The van der Waals surface area contributed by atoms with E-state index in [-0.39, 0.29) is 6.04 Å². The number of carbonyl (C=O) groups excluding carboxylic acids is 1. The maximum Gasteiger partial charge on any atom is 0.301 e. The number of nitrogens with one attached hydrogen (secondary N) is 2. The van der Waals surface area contributed by atoms with Crippen LogP contribution in [0, 0.1) is 0 Å². The van der Waals surface area contributed by atoms with Crippen molar-refractivity contribution in [1.82, 2.24) is 24.2 Å². The van der Waals surface area contributed by atoms with Gasteiger partial charge in [0.15, 0.2) is 5.65 Å². The predicted octanol–water partition coefficient (Wildman–Crippen LogP) is 1.13. The number of aromatic nitrogens is 4. The van der Waals surface area contributed by atoms with Crippen molar-refractivity contribution in [3.05, 3.63) is 30.6 Å². The van der Waals surface area contributed by atoms with E-state index in [9.17, 15) is 13.2 Å². The number of H-pyrrole nitrogens is 1. The minimum absolute atomic E-state index is 0.124. The minimum atomic E-state index is -3.65. The van der Waals surface area contributed by atoms with Crippen LogP contribution < -0.4 is 9.62 Å². The lowest BCUT2D eigenvalue weighted by Crippen LogP contribution is -2.43. The van der Waals surface area contributed by atoms with E-state index < -0.39 is 10.2 Å². The van der Waals surface area contributed by atoms with Gasteiger partial charge < -0.3 is 9.72 Å². The molecule has 2 aromatic heterocycles. The van der Waals surface area contributed by atoms with Gasteiger partial charge in [0, 0.05) is 30.4 Å². The highest BCUT2D eigenvalue weighted by atomic mass is 32.2. The largest absolute Gasteiger partial charge is 0.379 e. The molecule has 0 spiro atoms. The van der Waals surface area contributed by atoms with Gasteiger partial charge in [0.05, 0.1) is 19.5 Å². The van der Waals surface area contributed by atoms with Crippen LogP contribution >= 0.6 is 0 Å². The molecule has 1 aromatic carbocycles. The Balaban J connectivity index is 1.44. The van der Waals surface area contributed by atoms with Crippen LogP contribution in [0.4, 0.5) is 11.6 Å². The number of nitrogens with zero attached hydrogens (tertiary/aromatic N) is 5. The first kappa shape index (κ1) is 19.8. The monoisotopic (exact) mass is 443 g/mol. The fourth-order valence-electron chi connectivity index (χ4n) is 3.49. The van der Waals surface area contributed by atoms with Gasteiger partial charge in [0.25, 0.3) is 0 Å². The fraction of sp³-hybridized carbons (Fsp3) is 0.368. The summed E-state index contributed by atoms with van der Waals surface area (Å²) in [7, 11) is -3.65. The van der Waals surface area contributed by atoms with Crippen LogP contribution in [0.15, 0.2) is 30.6 Å². The summed E-state index contributed by atoms with van der Waals surface area (Å²) in [4.78, 5) is 29.4. The summed E-state index contributed by atoms with van der Waals surface area (Å²) in [5, 5.41) is 0. The Hall–Kier alpha value is -3.09. The molecule has 0 unspecified atom stereocenters. The molecule has 0 atom stereocenters. The van der Waals surface area contributed by atoms with Gasteiger partial charge in [0.2, 0.25) is 12.4 Å². The molecule has 0 bridgehead atoms. The minimum Gasteiger partial charge on any atom is -0.379 e. The number of hydrogen-bond acceptors (Lipinski definition) is 7. The van der Waals surface area contributed by atoms with Crippen LogP contribution in [0.3, 0.4) is 0 Å². The van der Waals surface area contributed by atoms with Crippen molar-refractivity contribution in [1.29, 1.82) is 0 Å². The number of hydrogen-bond donors (Lipinski definition) is 2. The molecule has 1 aliphatic carbocycles. The summed E-state index contributed by atoms with van der Waals surface area (Å²) in [6, 6.07) is 7.02. The number of fused-ring (bicyclic) bond motifs is 1. The number of rotatable bonds is 7. The van der Waals surface area contributed by atoms with Crippen LogP contribution in [-0.4, -0.2) is 71.4 Å². The van der Waals surface area contributed by atoms with Crippen molar-refractivity contribution in [2.75, 3.05) is 35.9 Å². The number of carbonyl (C=O) groups is 1. The van der Waals surface area contributed by atoms with Crippen molar-refractivity contribution < 1.29 is 17.9 Å². The van der Waals surface area contributed by atoms with Crippen molar-refractivity contribution in [2.24, 2.45) is 0 Å². The van der Waals surface area contributed by atoms with E-state index in [1.807, 2.05) is 0 Å². The fourth-order valence-corrected chi connectivity index (χ4v) is 4.68. The summed E-state index contributed by atoms with van der Waals surface area (Å²) < 4.78 is 34.3. The van der Waals surface area contributed by atoms with Crippen LogP contribution in [0.5, 0.6) is 0 Å². The van der Waals surface area contributed by atoms with E-state index in [0.29, 0.717) is 54.8 Å². The zero-order valence-corrected chi connectivity index (χ0v) is 17.4. The first-order valence-corrected chi connectivity index (χ1v) is 11.4. The summed E-state index contributed by atoms with van der Waals surface area (Å²) in [5.74, 6) is 0.309. The highest BCUT2D eigenvalue weighted by molar-refractivity contribution is 7.90. The SMILES string of the molecule is O=CN(c1nc(-c2ccc(NS(=O)(=O)N3CCOCC3)cc2)c2[nH]cnc2n1)C1CC1. The number of amides is 1. The van der Waals surface area contributed by atoms with E-state index in [4.69, 9.17) is 4.74 Å². The van der Waals surface area contributed by atoms with Crippen molar-refractivity contribution in [2.45, 2.75) is 18.9 Å². The molecule has 1 saturated heterocycles. The molecule has 1 aliphatic heterocycles. The van der Waals surface area contributed by atoms with E-state index in [0.717, 1.165) is 24.8 Å². The number of imidazole rings is 1. The Bertz CT molecular complexity index is 1200. The second-order valence-corrected chi connectivity index (χ2v) is 9.08. The molecular formula is C19H21N7O4S. The van der Waals surface area contributed by atoms with Gasteiger partial charge >= 0.3 is 10.2 Å². The van der Waals surface area contributed by atoms with Gasteiger partial charge in [-0.25, -0.2) is 9.97 Å². The summed E-state index contributed by atoms with van der Waals surface area (Å²) in [6.45, 7) is 1.41. The highest BCUT2D eigenvalue weighted by Crippen LogP contribution is 2.32. The summed E-state index contributed by atoms with van der Waals surface area (Å²) >= 11 is 0. The number of ether oxygens (including phenoxy) is 1. The molecule has 2 fully saturated rings. The summed E-state index contributed by atoms with van der Waals surface area (Å²) in [6.07, 6.45) is 4.13. The van der Waals surface area contributed by atoms with Gasteiger partial charge in [-0.05, 0) is 25.0 Å². The topological polar surface area (TPSA) is 133 Å². The summed E-state index contributed by atoms with van der Waals surface area (Å²) in [5.41, 5.74) is 2.89. The zero-order valence-electron chi connectivity index (χ0n) is 16.6. The maximum atomic E-state index is 12.6. The molecule has 1 amide bonds.